The van der Waals surface area contributed by atoms with Crippen molar-refractivity contribution in [1.29, 1.82) is 0 Å². The lowest BCUT2D eigenvalue weighted by Gasteiger charge is -2.34. The highest BCUT2D eigenvalue weighted by atomic mass is 35.5. The molecule has 39 heavy (non-hydrogen) atoms. The number of nitrogens with one attached hydrogen (secondary N) is 1. The molecule has 2 atom stereocenters. The Labute approximate surface area is 233 Å². The molecule has 1 aliphatic rings. The number of halogens is 1. The van der Waals surface area contributed by atoms with E-state index in [4.69, 9.17) is 21.1 Å². The van der Waals surface area contributed by atoms with Gasteiger partial charge in [-0.3, -0.25) is 9.69 Å². The smallest absolute Gasteiger partial charge is 0.252 e. The number of benzene rings is 2. The van der Waals surface area contributed by atoms with Crippen molar-refractivity contribution in [3.8, 4) is 5.75 Å². The number of ether oxygens (including phenoxy) is 2. The number of hydrogen-bond acceptors (Lipinski definition) is 7. The molecule has 1 aliphatic heterocycles. The first kappa shape index (κ1) is 27.3. The van der Waals surface area contributed by atoms with Crippen LogP contribution in [0.25, 0.3) is 10.9 Å². The predicted octanol–water partition coefficient (Wildman–Crippen LogP) is 5.15. The van der Waals surface area contributed by atoms with Gasteiger partial charge >= 0.3 is 0 Å². The third-order valence-corrected chi connectivity index (χ3v) is 7.53. The van der Waals surface area contributed by atoms with E-state index in [1.807, 2.05) is 60.1 Å². The fourth-order valence-corrected chi connectivity index (χ4v) is 5.53. The summed E-state index contributed by atoms with van der Waals surface area (Å²) >= 11 is 6.61. The second-order valence-electron chi connectivity index (χ2n) is 10.3. The minimum atomic E-state index is -0.178. The molecular formula is C29H35ClN6O3. The normalized spacial score (nSPS) is 16.4. The Morgan fingerprint density at radius 2 is 2.00 bits per heavy atom. The van der Waals surface area contributed by atoms with Gasteiger partial charge in [0.2, 0.25) is 0 Å². The fourth-order valence-electron chi connectivity index (χ4n) is 5.34. The highest BCUT2D eigenvalue weighted by molar-refractivity contribution is 6.31. The zero-order chi connectivity index (χ0) is 27.4. The third kappa shape index (κ3) is 6.32. The number of fused-ring (bicyclic) bond motifs is 1. The van der Waals surface area contributed by atoms with Crippen LogP contribution in [0.2, 0.25) is 5.02 Å². The van der Waals surface area contributed by atoms with Crippen LogP contribution in [-0.2, 0) is 24.4 Å². The van der Waals surface area contributed by atoms with Crippen LogP contribution in [0.1, 0.15) is 56.6 Å². The fraction of sp³-hybridized carbons (Fsp3) is 0.448. The Kier molecular flexibility index (Phi) is 8.60. The van der Waals surface area contributed by atoms with Crippen LogP contribution in [0.3, 0.4) is 0 Å². The van der Waals surface area contributed by atoms with Crippen molar-refractivity contribution in [1.82, 2.24) is 30.1 Å². The Morgan fingerprint density at radius 3 is 2.74 bits per heavy atom. The average Bonchev–Trinajstić information content (AvgIpc) is 3.59. The highest BCUT2D eigenvalue weighted by Crippen LogP contribution is 2.32. The number of H-pyrrole nitrogens is 1. The van der Waals surface area contributed by atoms with Gasteiger partial charge in [-0.2, -0.15) is 0 Å². The van der Waals surface area contributed by atoms with E-state index in [0.717, 1.165) is 47.5 Å². The minimum Gasteiger partial charge on any atom is -0.494 e. The number of pyridine rings is 1. The first-order chi connectivity index (χ1) is 18.9. The highest BCUT2D eigenvalue weighted by Gasteiger charge is 2.31. The molecule has 0 unspecified atom stereocenters. The van der Waals surface area contributed by atoms with E-state index >= 15 is 0 Å². The molecule has 1 saturated heterocycles. The second kappa shape index (κ2) is 12.3. The molecule has 0 aliphatic carbocycles. The van der Waals surface area contributed by atoms with Crippen LogP contribution in [-0.4, -0.2) is 49.4 Å². The van der Waals surface area contributed by atoms with Crippen LogP contribution >= 0.6 is 11.6 Å². The molecule has 1 fully saturated rings. The molecule has 10 heteroatoms. The maximum absolute atomic E-state index is 13.3. The van der Waals surface area contributed by atoms with Gasteiger partial charge in [0.25, 0.3) is 5.56 Å². The van der Waals surface area contributed by atoms with Crippen molar-refractivity contribution in [2.75, 3.05) is 13.2 Å². The lowest BCUT2D eigenvalue weighted by molar-refractivity contribution is 0.0851. The van der Waals surface area contributed by atoms with Gasteiger partial charge in [-0.25, -0.2) is 4.68 Å². The topological polar surface area (TPSA) is 98.2 Å². The summed E-state index contributed by atoms with van der Waals surface area (Å²) in [7, 11) is 0. The first-order valence-corrected chi connectivity index (χ1v) is 13.9. The maximum atomic E-state index is 13.3. The number of hydrogen-bond donors (Lipinski definition) is 1. The molecule has 0 bridgehead atoms. The molecule has 0 spiro atoms. The Hall–Kier alpha value is -3.27. The zero-order valence-corrected chi connectivity index (χ0v) is 23.4. The van der Waals surface area contributed by atoms with E-state index in [-0.39, 0.29) is 23.6 Å². The van der Waals surface area contributed by atoms with Gasteiger partial charge in [-0.15, -0.1) is 5.10 Å². The van der Waals surface area contributed by atoms with Gasteiger partial charge in [0.15, 0.2) is 5.82 Å². The molecule has 3 heterocycles. The number of aromatic amines is 1. The summed E-state index contributed by atoms with van der Waals surface area (Å²) < 4.78 is 13.4. The molecule has 2 aromatic heterocycles. The molecule has 1 N–H and O–H groups in total. The maximum Gasteiger partial charge on any atom is 0.252 e. The van der Waals surface area contributed by atoms with Crippen LogP contribution in [0.5, 0.6) is 5.75 Å². The summed E-state index contributed by atoms with van der Waals surface area (Å²) in [5, 5.41) is 14.4. The van der Waals surface area contributed by atoms with Gasteiger partial charge in [0.1, 0.15) is 5.75 Å². The Balaban J connectivity index is 1.54. The van der Waals surface area contributed by atoms with Crippen molar-refractivity contribution >= 4 is 22.5 Å². The quantitative estimate of drug-likeness (QED) is 0.276. The lowest BCUT2D eigenvalue weighted by Crippen LogP contribution is -2.36. The number of rotatable bonds is 11. The van der Waals surface area contributed by atoms with Crippen LogP contribution in [0.4, 0.5) is 0 Å². The first-order valence-electron chi connectivity index (χ1n) is 13.6. The van der Waals surface area contributed by atoms with Crippen LogP contribution in [0.15, 0.2) is 53.3 Å². The number of nitrogens with zero attached hydrogens (tertiary/aromatic N) is 5. The van der Waals surface area contributed by atoms with Crippen LogP contribution < -0.4 is 10.3 Å². The predicted molar refractivity (Wildman–Crippen MR) is 151 cm³/mol. The summed E-state index contributed by atoms with van der Waals surface area (Å²) in [6.07, 6.45) is 2.13. The summed E-state index contributed by atoms with van der Waals surface area (Å²) in [4.78, 5) is 18.6. The molecule has 9 nitrogen and oxygen atoms in total. The van der Waals surface area contributed by atoms with E-state index in [9.17, 15) is 4.79 Å². The van der Waals surface area contributed by atoms with Crippen molar-refractivity contribution in [3.05, 3.63) is 80.9 Å². The second-order valence-corrected chi connectivity index (χ2v) is 10.8. The van der Waals surface area contributed by atoms with E-state index in [1.54, 1.807) is 0 Å². The van der Waals surface area contributed by atoms with Gasteiger partial charge in [-0.1, -0.05) is 43.6 Å². The largest absolute Gasteiger partial charge is 0.494 e. The van der Waals surface area contributed by atoms with Crippen molar-refractivity contribution in [3.63, 3.8) is 0 Å². The van der Waals surface area contributed by atoms with E-state index in [2.05, 4.69) is 39.3 Å². The molecule has 0 saturated carbocycles. The van der Waals surface area contributed by atoms with E-state index in [0.29, 0.717) is 36.8 Å². The van der Waals surface area contributed by atoms with Crippen molar-refractivity contribution < 1.29 is 9.47 Å². The standard InChI is InChI=1S/C29H35ClN6O3/c1-4-38-23-11-12-26-21(15-23)14-22(29(37)31-26)17-35(16-20-8-5-6-10-25(20)30)27(19(2)3)28-32-33-34-36(28)18-24-9-7-13-39-24/h5-6,8,10-12,14-15,19,24,27H,4,7,9,13,16-18H2,1-3H3,(H,31,37)/t24-,27+/m1/s1. The molecule has 2 aromatic carbocycles. The SMILES string of the molecule is CCOc1ccc2[nH]c(=O)c(CN(Cc3ccccc3Cl)[C@H](c3nnnn3C[C@H]3CCCO3)C(C)C)cc2c1. The summed E-state index contributed by atoms with van der Waals surface area (Å²) in [5.74, 6) is 1.67. The molecule has 4 aromatic rings. The number of tetrazole rings is 1. The van der Waals surface area contributed by atoms with E-state index in [1.165, 1.54) is 0 Å². The Bertz CT molecular complexity index is 1460. The third-order valence-electron chi connectivity index (χ3n) is 7.16. The Morgan fingerprint density at radius 1 is 1.18 bits per heavy atom. The molecular weight excluding hydrogens is 516 g/mol. The van der Waals surface area contributed by atoms with Gasteiger partial charge < -0.3 is 14.5 Å². The summed E-state index contributed by atoms with van der Waals surface area (Å²) in [6.45, 7) is 9.09. The van der Waals surface area contributed by atoms with Gasteiger partial charge in [0, 0.05) is 41.2 Å². The average molecular weight is 551 g/mol. The summed E-state index contributed by atoms with van der Waals surface area (Å²) in [6, 6.07) is 15.3. The molecule has 0 amide bonds. The van der Waals surface area contributed by atoms with E-state index < -0.39 is 0 Å². The minimum absolute atomic E-state index is 0.0972. The van der Waals surface area contributed by atoms with Crippen LogP contribution in [0, 0.1) is 5.92 Å². The number of aromatic nitrogens is 5. The zero-order valence-electron chi connectivity index (χ0n) is 22.6. The monoisotopic (exact) mass is 550 g/mol. The molecule has 0 radical (unpaired) electrons. The van der Waals surface area contributed by atoms with Crippen molar-refractivity contribution in [2.24, 2.45) is 5.92 Å². The lowest BCUT2D eigenvalue weighted by atomic mass is 9.99. The van der Waals surface area contributed by atoms with Gasteiger partial charge in [-0.05, 0) is 72.0 Å². The molecule has 5 rings (SSSR count). The van der Waals surface area contributed by atoms with Gasteiger partial charge in [0.05, 0.1) is 25.3 Å². The summed E-state index contributed by atoms with van der Waals surface area (Å²) in [5.41, 5.74) is 2.26. The van der Waals surface area contributed by atoms with Crippen molar-refractivity contribution in [2.45, 2.75) is 65.4 Å². The molecule has 206 valence electrons.